The molecule has 6 heteroatoms. The number of urea groups is 1. The fourth-order valence-electron chi connectivity index (χ4n) is 1.99. The molecule has 1 unspecified atom stereocenters. The van der Waals surface area contributed by atoms with Gasteiger partial charge < -0.3 is 15.7 Å². The Hall–Kier alpha value is -2.55. The summed E-state index contributed by atoms with van der Waals surface area (Å²) >= 11 is 5.99. The molecule has 0 aliphatic carbocycles. The lowest BCUT2D eigenvalue weighted by Crippen LogP contribution is -2.37. The molecule has 2 amide bonds. The summed E-state index contributed by atoms with van der Waals surface area (Å²) in [5.41, 5.74) is 2.02. The van der Waals surface area contributed by atoms with Gasteiger partial charge >= 0.3 is 6.03 Å². The van der Waals surface area contributed by atoms with Gasteiger partial charge in [-0.2, -0.15) is 5.26 Å². The predicted molar refractivity (Wildman–Crippen MR) is 87.8 cm³/mol. The molecule has 1 atom stereocenters. The Balaban J connectivity index is 1.78. The molecule has 0 aromatic heterocycles. The van der Waals surface area contributed by atoms with Crippen LogP contribution in [0.25, 0.3) is 0 Å². The zero-order valence-corrected chi connectivity index (χ0v) is 13.0. The highest BCUT2D eigenvalue weighted by Crippen LogP contribution is 2.21. The standard InChI is InChI=1S/C17H16ClN3O2/c18-15-4-2-1-3-14(15)16(22)11-21-17(23)20-10-13-7-5-12(9-19)6-8-13/h1-8,16,22H,10-11H2,(H2,20,21,23). The van der Waals surface area contributed by atoms with Gasteiger partial charge in [-0.15, -0.1) is 0 Å². The van der Waals surface area contributed by atoms with Crippen LogP contribution in [0.4, 0.5) is 4.79 Å². The van der Waals surface area contributed by atoms with Crippen LogP contribution in [0.1, 0.15) is 22.8 Å². The van der Waals surface area contributed by atoms with Gasteiger partial charge in [0.05, 0.1) is 17.7 Å². The minimum Gasteiger partial charge on any atom is -0.387 e. The van der Waals surface area contributed by atoms with Crippen LogP contribution in [0.15, 0.2) is 48.5 Å². The Morgan fingerprint density at radius 1 is 1.17 bits per heavy atom. The molecule has 2 aromatic carbocycles. The van der Waals surface area contributed by atoms with Crippen molar-refractivity contribution in [2.45, 2.75) is 12.6 Å². The SMILES string of the molecule is N#Cc1ccc(CNC(=O)NCC(O)c2ccccc2Cl)cc1. The molecular formula is C17H16ClN3O2. The number of halogens is 1. The molecule has 2 aromatic rings. The summed E-state index contributed by atoms with van der Waals surface area (Å²) in [6.07, 6.45) is -0.871. The maximum absolute atomic E-state index is 11.7. The van der Waals surface area contributed by atoms with E-state index in [4.69, 9.17) is 16.9 Å². The topological polar surface area (TPSA) is 85.2 Å². The monoisotopic (exact) mass is 329 g/mol. The highest BCUT2D eigenvalue weighted by atomic mass is 35.5. The third kappa shape index (κ3) is 4.99. The molecule has 23 heavy (non-hydrogen) atoms. The Bertz CT molecular complexity index is 711. The zero-order valence-electron chi connectivity index (χ0n) is 12.3. The van der Waals surface area contributed by atoms with Crippen LogP contribution in [0.5, 0.6) is 0 Å². The first-order chi connectivity index (χ1) is 11.1. The van der Waals surface area contributed by atoms with Gasteiger partial charge in [-0.25, -0.2) is 4.79 Å². The first-order valence-electron chi connectivity index (χ1n) is 7.03. The number of rotatable bonds is 5. The van der Waals surface area contributed by atoms with Gasteiger partial charge in [0.25, 0.3) is 0 Å². The number of amides is 2. The molecule has 0 bridgehead atoms. The molecule has 5 nitrogen and oxygen atoms in total. The lowest BCUT2D eigenvalue weighted by molar-refractivity contribution is 0.173. The van der Waals surface area contributed by atoms with Gasteiger partial charge in [0, 0.05) is 23.7 Å². The maximum Gasteiger partial charge on any atom is 0.315 e. The van der Waals surface area contributed by atoms with Crippen molar-refractivity contribution in [1.82, 2.24) is 10.6 Å². The highest BCUT2D eigenvalue weighted by Gasteiger charge is 2.12. The van der Waals surface area contributed by atoms with E-state index in [1.165, 1.54) is 0 Å². The summed E-state index contributed by atoms with van der Waals surface area (Å²) < 4.78 is 0. The summed E-state index contributed by atoms with van der Waals surface area (Å²) in [6.45, 7) is 0.392. The smallest absolute Gasteiger partial charge is 0.315 e. The highest BCUT2D eigenvalue weighted by molar-refractivity contribution is 6.31. The fraction of sp³-hybridized carbons (Fsp3) is 0.176. The van der Waals surface area contributed by atoms with E-state index in [-0.39, 0.29) is 12.6 Å². The second-order valence-corrected chi connectivity index (χ2v) is 5.32. The maximum atomic E-state index is 11.7. The summed E-state index contributed by atoms with van der Waals surface area (Å²) in [5.74, 6) is 0. The van der Waals surface area contributed by atoms with Crippen LogP contribution in [-0.4, -0.2) is 17.7 Å². The molecule has 0 fully saturated rings. The van der Waals surface area contributed by atoms with E-state index in [0.29, 0.717) is 22.7 Å². The third-order valence-corrected chi connectivity index (χ3v) is 3.60. The molecule has 0 heterocycles. The number of aliphatic hydroxyl groups excluding tert-OH is 1. The Labute approximate surface area is 139 Å². The van der Waals surface area contributed by atoms with E-state index in [1.807, 2.05) is 6.07 Å². The Kier molecular flexibility index (Phi) is 5.98. The van der Waals surface area contributed by atoms with Crippen molar-refractivity contribution < 1.29 is 9.90 Å². The number of nitrogens with one attached hydrogen (secondary N) is 2. The molecule has 0 saturated heterocycles. The second-order valence-electron chi connectivity index (χ2n) is 4.91. The summed E-state index contributed by atoms with van der Waals surface area (Å²) in [4.78, 5) is 11.7. The zero-order chi connectivity index (χ0) is 16.7. The lowest BCUT2D eigenvalue weighted by atomic mass is 10.1. The van der Waals surface area contributed by atoms with Gasteiger partial charge in [-0.1, -0.05) is 41.9 Å². The van der Waals surface area contributed by atoms with Crippen molar-refractivity contribution in [2.75, 3.05) is 6.54 Å². The van der Waals surface area contributed by atoms with Crippen LogP contribution in [0.2, 0.25) is 5.02 Å². The van der Waals surface area contributed by atoms with Gasteiger partial charge in [-0.3, -0.25) is 0 Å². The van der Waals surface area contributed by atoms with E-state index in [1.54, 1.807) is 48.5 Å². The van der Waals surface area contributed by atoms with Crippen molar-refractivity contribution in [3.63, 3.8) is 0 Å². The summed E-state index contributed by atoms with van der Waals surface area (Å²) in [6, 6.07) is 15.5. The van der Waals surface area contributed by atoms with Crippen molar-refractivity contribution >= 4 is 17.6 Å². The Morgan fingerprint density at radius 2 is 1.87 bits per heavy atom. The van der Waals surface area contributed by atoms with Gasteiger partial charge in [0.15, 0.2) is 0 Å². The second kappa shape index (κ2) is 8.18. The molecule has 0 aliphatic heterocycles. The number of aliphatic hydroxyl groups is 1. The van der Waals surface area contributed by atoms with E-state index in [2.05, 4.69) is 10.6 Å². The Morgan fingerprint density at radius 3 is 2.52 bits per heavy atom. The first-order valence-corrected chi connectivity index (χ1v) is 7.41. The lowest BCUT2D eigenvalue weighted by Gasteiger charge is -2.14. The van der Waals surface area contributed by atoms with Crippen molar-refractivity contribution in [3.05, 3.63) is 70.2 Å². The molecule has 0 aliphatic rings. The number of hydrogen-bond acceptors (Lipinski definition) is 3. The van der Waals surface area contributed by atoms with E-state index in [0.717, 1.165) is 5.56 Å². The third-order valence-electron chi connectivity index (χ3n) is 3.26. The summed E-state index contributed by atoms with van der Waals surface area (Å²) in [5, 5.41) is 24.5. The predicted octanol–water partition coefficient (Wildman–Crippen LogP) is 2.74. The molecule has 3 N–H and O–H groups in total. The first kappa shape index (κ1) is 16.8. The minimum atomic E-state index is -0.871. The minimum absolute atomic E-state index is 0.0585. The molecule has 0 spiro atoms. The number of nitrogens with zero attached hydrogens (tertiary/aromatic N) is 1. The number of carbonyl (C=O) groups is 1. The number of hydrogen-bond donors (Lipinski definition) is 3. The van der Waals surface area contributed by atoms with Gasteiger partial charge in [0.1, 0.15) is 0 Å². The normalized spacial score (nSPS) is 11.3. The quantitative estimate of drug-likeness (QED) is 0.788. The van der Waals surface area contributed by atoms with Crippen LogP contribution >= 0.6 is 11.6 Å². The van der Waals surface area contributed by atoms with Crippen LogP contribution < -0.4 is 10.6 Å². The van der Waals surface area contributed by atoms with E-state index >= 15 is 0 Å². The van der Waals surface area contributed by atoms with Crippen molar-refractivity contribution in [1.29, 1.82) is 5.26 Å². The largest absolute Gasteiger partial charge is 0.387 e. The molecule has 0 radical (unpaired) electrons. The van der Waals surface area contributed by atoms with Gasteiger partial charge in [0.2, 0.25) is 0 Å². The van der Waals surface area contributed by atoms with Gasteiger partial charge in [-0.05, 0) is 23.8 Å². The fourth-order valence-corrected chi connectivity index (χ4v) is 2.25. The van der Waals surface area contributed by atoms with E-state index in [9.17, 15) is 9.90 Å². The number of benzene rings is 2. The number of carbonyl (C=O) groups excluding carboxylic acids is 1. The molecule has 0 saturated carbocycles. The van der Waals surface area contributed by atoms with E-state index < -0.39 is 6.10 Å². The molecule has 2 rings (SSSR count). The average molecular weight is 330 g/mol. The number of nitriles is 1. The van der Waals surface area contributed by atoms with Crippen LogP contribution in [-0.2, 0) is 6.54 Å². The summed E-state index contributed by atoms with van der Waals surface area (Å²) in [7, 11) is 0. The molecular weight excluding hydrogens is 314 g/mol. The van der Waals surface area contributed by atoms with Crippen molar-refractivity contribution in [2.24, 2.45) is 0 Å². The van der Waals surface area contributed by atoms with Crippen LogP contribution in [0.3, 0.4) is 0 Å². The molecule has 118 valence electrons. The average Bonchev–Trinajstić information content (AvgIpc) is 2.58. The van der Waals surface area contributed by atoms with Crippen molar-refractivity contribution in [3.8, 4) is 6.07 Å². The van der Waals surface area contributed by atoms with Crippen LogP contribution in [0, 0.1) is 11.3 Å².